The zero-order chi connectivity index (χ0) is 25.2. The lowest BCUT2D eigenvalue weighted by atomic mass is 9.84. The lowest BCUT2D eigenvalue weighted by molar-refractivity contribution is -0.366. The van der Waals surface area contributed by atoms with E-state index in [1.54, 1.807) is 18.2 Å². The molecule has 0 amide bonds. The highest BCUT2D eigenvalue weighted by Crippen LogP contribution is 2.40. The van der Waals surface area contributed by atoms with Crippen molar-refractivity contribution >= 4 is 11.6 Å². The first-order valence-electron chi connectivity index (χ1n) is 11.7. The maximum atomic E-state index is 10.8. The molecule has 2 aromatic carbocycles. The van der Waals surface area contributed by atoms with Crippen LogP contribution in [0.3, 0.4) is 0 Å². The smallest absolute Gasteiger partial charge is 0.224 e. The molecule has 8 nitrogen and oxygen atoms in total. The van der Waals surface area contributed by atoms with Gasteiger partial charge in [0.15, 0.2) is 0 Å². The minimum atomic E-state index is -1.79. The second-order valence-corrected chi connectivity index (χ2v) is 9.81. The second kappa shape index (κ2) is 10.7. The van der Waals surface area contributed by atoms with Crippen LogP contribution in [0.15, 0.2) is 42.5 Å². The van der Waals surface area contributed by atoms with Gasteiger partial charge in [-0.3, -0.25) is 0 Å². The van der Waals surface area contributed by atoms with Crippen LogP contribution in [-0.4, -0.2) is 78.4 Å². The summed E-state index contributed by atoms with van der Waals surface area (Å²) < 4.78 is 22.7. The molecule has 192 valence electrons. The molecular formula is C26H33ClO8. The number of aliphatic hydroxyl groups excluding tert-OH is 4. The Bertz CT molecular complexity index is 988. The van der Waals surface area contributed by atoms with Crippen LogP contribution in [0.5, 0.6) is 5.75 Å². The normalized spacial score (nSPS) is 30.0. The van der Waals surface area contributed by atoms with Gasteiger partial charge in [-0.2, -0.15) is 0 Å². The molecule has 4 N–H and O–H groups in total. The number of hydrogen-bond donors (Lipinski definition) is 4. The predicted molar refractivity (Wildman–Crippen MR) is 128 cm³/mol. The number of benzene rings is 2. The molecule has 2 heterocycles. The van der Waals surface area contributed by atoms with E-state index in [2.05, 4.69) is 6.92 Å². The molecule has 0 aliphatic carbocycles. The van der Waals surface area contributed by atoms with Gasteiger partial charge in [0, 0.05) is 17.7 Å². The summed E-state index contributed by atoms with van der Waals surface area (Å²) in [7, 11) is 1.33. The Morgan fingerprint density at radius 3 is 2.34 bits per heavy atom. The predicted octanol–water partition coefficient (Wildman–Crippen LogP) is 2.01. The van der Waals surface area contributed by atoms with Crippen LogP contribution >= 0.6 is 11.6 Å². The molecule has 0 bridgehead atoms. The third-order valence-electron chi connectivity index (χ3n) is 7.13. The fourth-order valence-electron chi connectivity index (χ4n) is 4.53. The first kappa shape index (κ1) is 26.3. The fraction of sp³-hybridized carbons (Fsp3) is 0.538. The highest BCUT2D eigenvalue weighted by molar-refractivity contribution is 6.31. The van der Waals surface area contributed by atoms with E-state index in [1.807, 2.05) is 24.3 Å². The first-order valence-corrected chi connectivity index (χ1v) is 12.1. The highest BCUT2D eigenvalue weighted by Gasteiger charge is 2.55. The van der Waals surface area contributed by atoms with Gasteiger partial charge < -0.3 is 39.4 Å². The summed E-state index contributed by atoms with van der Waals surface area (Å²) in [5.41, 5.74) is 2.26. The van der Waals surface area contributed by atoms with Crippen molar-refractivity contribution in [2.24, 2.45) is 5.41 Å². The lowest BCUT2D eigenvalue weighted by Crippen LogP contribution is -2.64. The van der Waals surface area contributed by atoms with Gasteiger partial charge in [0.05, 0.1) is 31.8 Å². The zero-order valence-electron chi connectivity index (χ0n) is 19.9. The highest BCUT2D eigenvalue weighted by atomic mass is 35.5. The summed E-state index contributed by atoms with van der Waals surface area (Å²) in [6, 6.07) is 12.8. The molecule has 2 saturated heterocycles. The number of hydrogen-bond acceptors (Lipinski definition) is 8. The van der Waals surface area contributed by atoms with Crippen LogP contribution in [0, 0.1) is 5.41 Å². The van der Waals surface area contributed by atoms with E-state index < -0.39 is 36.8 Å². The Morgan fingerprint density at radius 2 is 1.77 bits per heavy atom. The molecular weight excluding hydrogens is 476 g/mol. The minimum absolute atomic E-state index is 0.106. The third kappa shape index (κ3) is 5.08. The van der Waals surface area contributed by atoms with E-state index in [9.17, 15) is 20.4 Å². The molecule has 2 aliphatic heterocycles. The standard InChI is InChI=1S/C26H33ClO8/c1-3-25(13-33-14-25)15-34-19-7-4-16(5-8-19)10-17-11-18(6-9-20(17)27)26(32-2)24(31)23(30)22(29)21(12-28)35-26/h4-9,11,21-24,28-31H,3,10,12-15H2,1-2H3/t21-,22-,23+,24-,26+/m1/s1. The van der Waals surface area contributed by atoms with Gasteiger partial charge in [-0.15, -0.1) is 0 Å². The third-order valence-corrected chi connectivity index (χ3v) is 7.50. The lowest BCUT2D eigenvalue weighted by Gasteiger charge is -2.47. The first-order chi connectivity index (χ1) is 16.8. The second-order valence-electron chi connectivity index (χ2n) is 9.40. The molecule has 2 aliphatic rings. The molecule has 9 heteroatoms. The van der Waals surface area contributed by atoms with Crippen LogP contribution in [-0.2, 0) is 26.4 Å². The van der Waals surface area contributed by atoms with Crippen LogP contribution in [0.2, 0.25) is 5.02 Å². The van der Waals surface area contributed by atoms with Gasteiger partial charge in [-0.25, -0.2) is 0 Å². The SMILES string of the molecule is CCC1(COc2ccc(Cc3cc([C@]4(OC)O[C@H](CO)[C@@H](O)[C@H](O)[C@H]4O)ccc3Cl)cc2)COC1. The van der Waals surface area contributed by atoms with Crippen molar-refractivity contribution in [1.82, 2.24) is 0 Å². The van der Waals surface area contributed by atoms with Crippen molar-refractivity contribution in [2.45, 2.75) is 50.0 Å². The Labute approximate surface area is 210 Å². The van der Waals surface area contributed by atoms with Gasteiger partial charge in [0.2, 0.25) is 5.79 Å². The average Bonchev–Trinajstić information content (AvgIpc) is 2.85. The van der Waals surface area contributed by atoms with Gasteiger partial charge in [-0.05, 0) is 48.2 Å². The van der Waals surface area contributed by atoms with Crippen molar-refractivity contribution in [1.29, 1.82) is 0 Å². The Balaban J connectivity index is 1.52. The summed E-state index contributed by atoms with van der Waals surface area (Å²) in [6.07, 6.45) is -4.28. The molecule has 2 aromatic rings. The Hall–Kier alpha value is -1.75. The Morgan fingerprint density at radius 1 is 1.06 bits per heavy atom. The van der Waals surface area contributed by atoms with Crippen LogP contribution in [0.1, 0.15) is 30.0 Å². The number of ether oxygens (including phenoxy) is 4. The van der Waals surface area contributed by atoms with Crippen molar-refractivity contribution in [3.8, 4) is 5.75 Å². The summed E-state index contributed by atoms with van der Waals surface area (Å²) in [6.45, 7) is 3.66. The van der Waals surface area contributed by atoms with Crippen molar-refractivity contribution < 1.29 is 39.4 Å². The largest absolute Gasteiger partial charge is 0.493 e. The summed E-state index contributed by atoms with van der Waals surface area (Å²) in [5, 5.41) is 41.4. The van der Waals surface area contributed by atoms with Crippen molar-refractivity contribution in [3.05, 3.63) is 64.2 Å². The minimum Gasteiger partial charge on any atom is -0.493 e. The van der Waals surface area contributed by atoms with Crippen molar-refractivity contribution in [3.63, 3.8) is 0 Å². The molecule has 0 aromatic heterocycles. The summed E-state index contributed by atoms with van der Waals surface area (Å²) in [5.74, 6) is -1.00. The van der Waals surface area contributed by atoms with E-state index >= 15 is 0 Å². The number of aliphatic hydroxyl groups is 4. The number of methoxy groups -OCH3 is 1. The molecule has 0 unspecified atom stereocenters. The monoisotopic (exact) mass is 508 g/mol. The maximum Gasteiger partial charge on any atom is 0.224 e. The molecule has 0 radical (unpaired) electrons. The summed E-state index contributed by atoms with van der Waals surface area (Å²) in [4.78, 5) is 0. The molecule has 0 saturated carbocycles. The van der Waals surface area contributed by atoms with Crippen LogP contribution in [0.4, 0.5) is 0 Å². The quantitative estimate of drug-likeness (QED) is 0.406. The van der Waals surface area contributed by atoms with E-state index in [4.69, 9.17) is 30.5 Å². The number of rotatable bonds is 9. The van der Waals surface area contributed by atoms with Crippen molar-refractivity contribution in [2.75, 3.05) is 33.5 Å². The molecule has 0 spiro atoms. The van der Waals surface area contributed by atoms with Gasteiger partial charge >= 0.3 is 0 Å². The molecule has 5 atom stereocenters. The molecule has 4 rings (SSSR count). The average molecular weight is 509 g/mol. The number of halogens is 1. The molecule has 2 fully saturated rings. The van der Waals surface area contributed by atoms with Crippen LogP contribution < -0.4 is 4.74 Å². The maximum absolute atomic E-state index is 10.8. The molecule has 35 heavy (non-hydrogen) atoms. The van der Waals surface area contributed by atoms with E-state index in [0.717, 1.165) is 36.5 Å². The van der Waals surface area contributed by atoms with Crippen LogP contribution in [0.25, 0.3) is 0 Å². The van der Waals surface area contributed by atoms with E-state index in [0.29, 0.717) is 23.6 Å². The van der Waals surface area contributed by atoms with E-state index in [-0.39, 0.29) is 5.41 Å². The van der Waals surface area contributed by atoms with E-state index in [1.165, 1.54) is 7.11 Å². The van der Waals surface area contributed by atoms with Gasteiger partial charge in [0.1, 0.15) is 30.2 Å². The topological polar surface area (TPSA) is 118 Å². The Kier molecular flexibility index (Phi) is 8.05. The van der Waals surface area contributed by atoms with Gasteiger partial charge in [-0.1, -0.05) is 36.7 Å². The van der Waals surface area contributed by atoms with Gasteiger partial charge in [0.25, 0.3) is 0 Å². The fourth-order valence-corrected chi connectivity index (χ4v) is 4.72. The summed E-state index contributed by atoms with van der Waals surface area (Å²) >= 11 is 6.48. The zero-order valence-corrected chi connectivity index (χ0v) is 20.6.